The van der Waals surface area contributed by atoms with E-state index < -0.39 is 0 Å². The molecule has 0 radical (unpaired) electrons. The molecule has 194 valence electrons. The number of anilines is 2. The van der Waals surface area contributed by atoms with Gasteiger partial charge in [-0.1, -0.05) is 47.9 Å². The zero-order valence-electron chi connectivity index (χ0n) is 20.5. The maximum Gasteiger partial charge on any atom is 0.259 e. The summed E-state index contributed by atoms with van der Waals surface area (Å²) in [6.07, 6.45) is 5.62. The smallest absolute Gasteiger partial charge is 0.259 e. The number of amides is 1. The Bertz CT molecular complexity index is 1180. The van der Waals surface area contributed by atoms with Gasteiger partial charge in [-0.2, -0.15) is 0 Å². The molecule has 1 aliphatic heterocycles. The van der Waals surface area contributed by atoms with E-state index in [1.807, 2.05) is 11.4 Å². The second-order valence-corrected chi connectivity index (χ2v) is 11.9. The molecule has 7 nitrogen and oxygen atoms in total. The van der Waals surface area contributed by atoms with Crippen LogP contribution in [0.3, 0.4) is 0 Å². The summed E-state index contributed by atoms with van der Waals surface area (Å²) >= 11 is 15.7. The molecule has 1 saturated heterocycles. The van der Waals surface area contributed by atoms with Crippen LogP contribution in [-0.2, 0) is 6.54 Å². The molecular weight excluding hydrogens is 537 g/mol. The third-order valence-corrected chi connectivity index (χ3v) is 8.80. The van der Waals surface area contributed by atoms with Gasteiger partial charge in [0.15, 0.2) is 5.13 Å². The highest BCUT2D eigenvalue weighted by Crippen LogP contribution is 2.37. The molecule has 0 spiro atoms. The summed E-state index contributed by atoms with van der Waals surface area (Å²) in [6, 6.07) is 3.57. The second-order valence-electron chi connectivity index (χ2n) is 9.11. The van der Waals surface area contributed by atoms with Crippen LogP contribution >= 0.6 is 45.9 Å². The van der Waals surface area contributed by atoms with Gasteiger partial charge in [-0.3, -0.25) is 10.1 Å². The zero-order valence-corrected chi connectivity index (χ0v) is 23.6. The number of nitrogens with zero attached hydrogens (tertiary/aromatic N) is 4. The molecule has 2 N–H and O–H groups in total. The van der Waals surface area contributed by atoms with Gasteiger partial charge in [-0.25, -0.2) is 9.97 Å². The molecule has 36 heavy (non-hydrogen) atoms. The molecule has 0 aliphatic carbocycles. The van der Waals surface area contributed by atoms with Crippen molar-refractivity contribution in [3.8, 4) is 10.6 Å². The van der Waals surface area contributed by atoms with E-state index >= 15 is 0 Å². The summed E-state index contributed by atoms with van der Waals surface area (Å²) in [7, 11) is 2.10. The number of hydrogen-bond donors (Lipinski definition) is 2. The average molecular weight is 569 g/mol. The van der Waals surface area contributed by atoms with Crippen LogP contribution in [0.15, 0.2) is 23.7 Å². The van der Waals surface area contributed by atoms with E-state index in [1.54, 1.807) is 23.6 Å². The molecule has 1 aliphatic rings. The number of aromatic nitrogens is 2. The first kappa shape index (κ1) is 27.3. The number of thiophene rings is 1. The predicted octanol–water partition coefficient (Wildman–Crippen LogP) is 6.27. The van der Waals surface area contributed by atoms with Gasteiger partial charge in [0.05, 0.1) is 26.2 Å². The lowest BCUT2D eigenvalue weighted by molar-refractivity contribution is 0.102. The minimum atomic E-state index is -0.301. The van der Waals surface area contributed by atoms with E-state index in [4.69, 9.17) is 28.2 Å². The van der Waals surface area contributed by atoms with Crippen molar-refractivity contribution in [2.45, 2.75) is 39.2 Å². The topological polar surface area (TPSA) is 81.6 Å². The van der Waals surface area contributed by atoms with Crippen LogP contribution in [0, 0.1) is 5.92 Å². The van der Waals surface area contributed by atoms with Gasteiger partial charge < -0.3 is 14.9 Å². The number of aliphatic hydroxyl groups is 1. The van der Waals surface area contributed by atoms with E-state index in [-0.39, 0.29) is 12.5 Å². The molecule has 0 unspecified atom stereocenters. The molecule has 0 bridgehead atoms. The first-order valence-electron chi connectivity index (χ1n) is 12.1. The Hall–Kier alpha value is -1.75. The Balaban J connectivity index is 1.49. The Morgan fingerprint density at radius 2 is 2.08 bits per heavy atom. The molecule has 3 aromatic rings. The highest BCUT2D eigenvalue weighted by molar-refractivity contribution is 7.17. The van der Waals surface area contributed by atoms with Crippen molar-refractivity contribution in [3.05, 3.63) is 44.2 Å². The lowest BCUT2D eigenvalue weighted by Crippen LogP contribution is -2.35. The van der Waals surface area contributed by atoms with E-state index in [0.717, 1.165) is 67.3 Å². The first-order valence-corrected chi connectivity index (χ1v) is 14.6. The summed E-state index contributed by atoms with van der Waals surface area (Å²) in [4.78, 5) is 28.7. The van der Waals surface area contributed by atoms with Crippen molar-refractivity contribution in [3.63, 3.8) is 0 Å². The molecule has 0 atom stereocenters. The number of halogens is 2. The maximum atomic E-state index is 13.0. The van der Waals surface area contributed by atoms with E-state index in [2.05, 4.69) is 34.1 Å². The summed E-state index contributed by atoms with van der Waals surface area (Å²) in [5.74, 6) is 0.702. The molecule has 4 rings (SSSR count). The van der Waals surface area contributed by atoms with Crippen molar-refractivity contribution >= 4 is 62.7 Å². The van der Waals surface area contributed by atoms with Gasteiger partial charge in [0.1, 0.15) is 5.82 Å². The molecule has 11 heteroatoms. The number of aliphatic hydroxyl groups excluding tert-OH is 1. The molecule has 1 amide bonds. The number of piperidine rings is 1. The molecular formula is C25H31Cl2N5O2S2. The third-order valence-electron chi connectivity index (χ3n) is 6.28. The standard InChI is InChI=1S/C25H31Cl2N5O2S2/c1-3-4-7-31(2)13-21-22(20-11-18(26)15-35-20)29-25(36-21)30-24(34)17-10-19(27)23(28-12-17)32-8-5-16(14-33)6-9-32/h10-12,15-16,33H,3-9,13-14H2,1-2H3,(H,29,30,34). The minimum Gasteiger partial charge on any atom is -0.396 e. The Morgan fingerprint density at radius 3 is 2.72 bits per heavy atom. The van der Waals surface area contributed by atoms with Gasteiger partial charge in [-0.15, -0.1) is 11.3 Å². The average Bonchev–Trinajstić information content (AvgIpc) is 3.48. The fourth-order valence-electron chi connectivity index (χ4n) is 4.18. The maximum absolute atomic E-state index is 13.0. The fraction of sp³-hybridized carbons (Fsp3) is 0.480. The van der Waals surface area contributed by atoms with Gasteiger partial charge in [0.2, 0.25) is 0 Å². The van der Waals surface area contributed by atoms with Crippen molar-refractivity contribution < 1.29 is 9.90 Å². The summed E-state index contributed by atoms with van der Waals surface area (Å²) < 4.78 is 0. The van der Waals surface area contributed by atoms with E-state index in [1.165, 1.54) is 11.3 Å². The van der Waals surface area contributed by atoms with Crippen LogP contribution in [0.1, 0.15) is 47.8 Å². The Morgan fingerprint density at radius 1 is 1.31 bits per heavy atom. The molecule has 4 heterocycles. The van der Waals surface area contributed by atoms with Crippen LogP contribution in [0.4, 0.5) is 10.9 Å². The summed E-state index contributed by atoms with van der Waals surface area (Å²) in [5, 5.41) is 15.8. The van der Waals surface area contributed by atoms with Gasteiger partial charge in [-0.05, 0) is 50.9 Å². The van der Waals surface area contributed by atoms with Crippen LogP contribution in [-0.4, -0.2) is 59.2 Å². The van der Waals surface area contributed by atoms with Gasteiger partial charge in [0, 0.05) is 42.7 Å². The number of thiazole rings is 1. The minimum absolute atomic E-state index is 0.211. The number of nitrogens with one attached hydrogen (secondary N) is 1. The highest BCUT2D eigenvalue weighted by Gasteiger charge is 2.23. The zero-order chi connectivity index (χ0) is 25.7. The van der Waals surface area contributed by atoms with Crippen molar-refractivity contribution in [2.24, 2.45) is 5.92 Å². The number of unbranched alkanes of at least 4 members (excludes halogenated alkanes) is 1. The number of rotatable bonds is 10. The lowest BCUT2D eigenvalue weighted by Gasteiger charge is -2.32. The first-order chi connectivity index (χ1) is 17.4. The second kappa shape index (κ2) is 12.7. The Kier molecular flexibility index (Phi) is 9.60. The summed E-state index contributed by atoms with van der Waals surface area (Å²) in [5.41, 5.74) is 1.24. The molecule has 3 aromatic heterocycles. The monoisotopic (exact) mass is 567 g/mol. The number of carbonyl (C=O) groups is 1. The van der Waals surface area contributed by atoms with Crippen molar-refractivity contribution in [2.75, 3.05) is 43.5 Å². The molecule has 1 fully saturated rings. The summed E-state index contributed by atoms with van der Waals surface area (Å²) in [6.45, 7) is 5.70. The highest BCUT2D eigenvalue weighted by atomic mass is 35.5. The third kappa shape index (κ3) is 6.76. The molecule has 0 aromatic carbocycles. The Labute approximate surface area is 230 Å². The SMILES string of the molecule is CCCCN(C)Cc1sc(NC(=O)c2cnc(N3CCC(CO)CC3)c(Cl)c2)nc1-c1cc(Cl)cs1. The van der Waals surface area contributed by atoms with Crippen LogP contribution in [0.5, 0.6) is 0 Å². The van der Waals surface area contributed by atoms with E-state index in [0.29, 0.717) is 32.5 Å². The lowest BCUT2D eigenvalue weighted by atomic mass is 9.98. The normalized spacial score (nSPS) is 14.6. The van der Waals surface area contributed by atoms with E-state index in [9.17, 15) is 9.90 Å². The van der Waals surface area contributed by atoms with Crippen molar-refractivity contribution in [1.82, 2.24) is 14.9 Å². The fourth-order valence-corrected chi connectivity index (χ4v) is 6.67. The number of carbonyl (C=O) groups excluding carboxylic acids is 1. The van der Waals surface area contributed by atoms with Crippen LogP contribution in [0.2, 0.25) is 10.0 Å². The van der Waals surface area contributed by atoms with Crippen LogP contribution in [0.25, 0.3) is 10.6 Å². The molecule has 0 saturated carbocycles. The predicted molar refractivity (Wildman–Crippen MR) is 151 cm³/mol. The van der Waals surface area contributed by atoms with Crippen LogP contribution < -0.4 is 10.2 Å². The van der Waals surface area contributed by atoms with Crippen molar-refractivity contribution in [1.29, 1.82) is 0 Å². The number of pyridine rings is 1. The number of hydrogen-bond acceptors (Lipinski definition) is 8. The van der Waals surface area contributed by atoms with Gasteiger partial charge in [0.25, 0.3) is 5.91 Å². The largest absolute Gasteiger partial charge is 0.396 e. The quantitative estimate of drug-likeness (QED) is 0.300. The van der Waals surface area contributed by atoms with Gasteiger partial charge >= 0.3 is 0 Å².